The molecule has 2 aliphatic rings. The number of benzene rings is 2. The number of pyridine rings is 1. The van der Waals surface area contributed by atoms with Crippen molar-refractivity contribution in [1.82, 2.24) is 4.98 Å². The van der Waals surface area contributed by atoms with Crippen LogP contribution in [0.5, 0.6) is 17.2 Å². The minimum absolute atomic E-state index is 0.00115. The minimum Gasteiger partial charge on any atom is -0.508 e. The Morgan fingerprint density at radius 3 is 2.61 bits per heavy atom. The zero-order chi connectivity index (χ0) is 34.8. The number of aliphatic imine (C=N–C) groups is 1. The minimum atomic E-state index is -0.536. The van der Waals surface area contributed by atoms with Gasteiger partial charge in [0.1, 0.15) is 23.5 Å². The maximum absolute atomic E-state index is 13.5. The van der Waals surface area contributed by atoms with Crippen LogP contribution in [0.3, 0.4) is 0 Å². The van der Waals surface area contributed by atoms with Gasteiger partial charge in [0.25, 0.3) is 0 Å². The van der Waals surface area contributed by atoms with Gasteiger partial charge in [-0.2, -0.15) is 0 Å². The van der Waals surface area contributed by atoms with Gasteiger partial charge in [0.05, 0.1) is 26.1 Å². The van der Waals surface area contributed by atoms with Crippen molar-refractivity contribution in [2.24, 2.45) is 10.9 Å². The zero-order valence-corrected chi connectivity index (χ0v) is 28.4. The second-order valence-electron chi connectivity index (χ2n) is 12.8. The van der Waals surface area contributed by atoms with Crippen LogP contribution >= 0.6 is 0 Å². The summed E-state index contributed by atoms with van der Waals surface area (Å²) in [6.45, 7) is 4.45. The number of ether oxygens (including phenoxy) is 2. The van der Waals surface area contributed by atoms with E-state index in [1.165, 1.54) is 31.2 Å². The quantitative estimate of drug-likeness (QED) is 0.195. The zero-order valence-electron chi connectivity index (χ0n) is 28.4. The molecular weight excluding hydrogens is 618 g/mol. The van der Waals surface area contributed by atoms with Gasteiger partial charge in [-0.3, -0.25) is 14.6 Å². The number of phenolic OH excluding ortho intramolecular Hbond substituents is 2. The number of rotatable bonds is 5. The molecule has 256 valence electrons. The van der Waals surface area contributed by atoms with Crippen LogP contribution in [0.15, 0.2) is 76.9 Å². The number of hydrogen-bond donors (Lipinski definition) is 3. The van der Waals surface area contributed by atoms with Crippen molar-refractivity contribution in [2.45, 2.75) is 76.7 Å². The van der Waals surface area contributed by atoms with Crippen molar-refractivity contribution < 1.29 is 29.3 Å². The SMILES string of the molecule is CC[C@H]1CC[C@@H](OC(C)=O)CC(=O)C[C@@H](c2ccc(O)c(OC)c2)C#CCNc2cc(ccn2)[C@H](c2cccc(O)c2)CC2=C(C=NC2)C1. The van der Waals surface area contributed by atoms with Crippen molar-refractivity contribution in [3.05, 3.63) is 88.6 Å². The number of phenols is 2. The van der Waals surface area contributed by atoms with E-state index in [4.69, 9.17) is 9.47 Å². The topological polar surface area (TPSA) is 130 Å². The van der Waals surface area contributed by atoms with E-state index in [0.717, 1.165) is 42.4 Å². The first kappa shape index (κ1) is 35.2. The van der Waals surface area contributed by atoms with Gasteiger partial charge < -0.3 is 25.0 Å². The third-order valence-electron chi connectivity index (χ3n) is 9.34. The number of carbonyl (C=O) groups excluding carboxylic acids is 2. The molecule has 0 saturated heterocycles. The highest BCUT2D eigenvalue weighted by atomic mass is 16.5. The second kappa shape index (κ2) is 16.8. The monoisotopic (exact) mass is 663 g/mol. The first-order chi connectivity index (χ1) is 23.7. The van der Waals surface area contributed by atoms with E-state index in [0.29, 0.717) is 30.5 Å². The average Bonchev–Trinajstić information content (AvgIpc) is 3.52. The van der Waals surface area contributed by atoms with Crippen LogP contribution in [-0.2, 0) is 14.3 Å². The number of carbonyl (C=O) groups is 2. The van der Waals surface area contributed by atoms with Gasteiger partial charge in [-0.15, -0.1) is 0 Å². The van der Waals surface area contributed by atoms with Crippen LogP contribution in [-0.4, -0.2) is 59.5 Å². The molecule has 2 aromatic carbocycles. The number of esters is 1. The van der Waals surface area contributed by atoms with Gasteiger partial charge >= 0.3 is 5.97 Å². The van der Waals surface area contributed by atoms with Crippen LogP contribution in [0.25, 0.3) is 0 Å². The third-order valence-corrected chi connectivity index (χ3v) is 9.34. The summed E-state index contributed by atoms with van der Waals surface area (Å²) >= 11 is 0. The third kappa shape index (κ3) is 9.73. The van der Waals surface area contributed by atoms with E-state index in [-0.39, 0.29) is 42.6 Å². The van der Waals surface area contributed by atoms with Crippen LogP contribution < -0.4 is 10.1 Å². The Kier molecular flexibility index (Phi) is 12.1. The van der Waals surface area contributed by atoms with Gasteiger partial charge in [0, 0.05) is 38.1 Å². The number of aromatic nitrogens is 1. The van der Waals surface area contributed by atoms with Gasteiger partial charge in [-0.25, -0.2) is 4.98 Å². The lowest BCUT2D eigenvalue weighted by Gasteiger charge is -2.23. The second-order valence-corrected chi connectivity index (χ2v) is 12.8. The molecule has 2 aliphatic heterocycles. The first-order valence-electron chi connectivity index (χ1n) is 17.0. The number of nitrogens with one attached hydrogen (secondary N) is 1. The Hall–Kier alpha value is -5.10. The molecule has 3 aromatic rings. The highest BCUT2D eigenvalue weighted by Gasteiger charge is 2.25. The van der Waals surface area contributed by atoms with Crippen molar-refractivity contribution in [2.75, 3.05) is 25.5 Å². The molecule has 0 unspecified atom stereocenters. The number of fused-ring (bicyclic) bond motifs is 2. The summed E-state index contributed by atoms with van der Waals surface area (Å²) in [7, 11) is 1.48. The summed E-state index contributed by atoms with van der Waals surface area (Å²) < 4.78 is 11.0. The largest absolute Gasteiger partial charge is 0.508 e. The fourth-order valence-electron chi connectivity index (χ4n) is 6.69. The summed E-state index contributed by atoms with van der Waals surface area (Å²) in [5, 5.41) is 23.9. The van der Waals surface area contributed by atoms with Crippen LogP contribution in [0.1, 0.15) is 87.3 Å². The maximum Gasteiger partial charge on any atom is 0.302 e. The molecule has 49 heavy (non-hydrogen) atoms. The molecule has 1 aromatic heterocycles. The van der Waals surface area contributed by atoms with Gasteiger partial charge in [0.15, 0.2) is 11.5 Å². The standard InChI is InChI=1S/C40H45N3O6/c1-4-27-10-12-36(49-26(2)44)23-35(46)18-28(29-11-13-38(47)39(21-29)48-3)8-6-15-42-40-22-31(14-16-43-40)37(30-7-5-9-34(45)19-30)20-33-25-41-24-32(33)17-27/h5,7,9,11,13-14,16,19,21-22,24,27-28,36-37,45,47H,4,10,12,15,17-18,20,23,25H2,1-3H3,(H,42,43)/t27-,28-,36+,37-/m0/s1. The predicted molar refractivity (Wildman–Crippen MR) is 190 cm³/mol. The van der Waals surface area contributed by atoms with Crippen molar-refractivity contribution in [3.63, 3.8) is 0 Å². The molecule has 4 atom stereocenters. The van der Waals surface area contributed by atoms with E-state index in [2.05, 4.69) is 34.1 Å². The van der Waals surface area contributed by atoms with Gasteiger partial charge in [-0.1, -0.05) is 43.4 Å². The summed E-state index contributed by atoms with van der Waals surface area (Å²) in [5.74, 6) is 6.94. The molecule has 2 bridgehead atoms. The number of anilines is 1. The summed E-state index contributed by atoms with van der Waals surface area (Å²) in [6, 6.07) is 16.4. The van der Waals surface area contributed by atoms with E-state index in [9.17, 15) is 19.8 Å². The van der Waals surface area contributed by atoms with E-state index >= 15 is 0 Å². The molecule has 3 heterocycles. The fraction of sp³-hybridized carbons (Fsp3) is 0.400. The Balaban J connectivity index is 1.52. The predicted octanol–water partition coefficient (Wildman–Crippen LogP) is 7.09. The van der Waals surface area contributed by atoms with Crippen molar-refractivity contribution in [1.29, 1.82) is 0 Å². The van der Waals surface area contributed by atoms with E-state index in [1.807, 2.05) is 36.5 Å². The van der Waals surface area contributed by atoms with Gasteiger partial charge in [-0.05, 0) is 95.8 Å². The molecule has 0 spiro atoms. The Morgan fingerprint density at radius 2 is 1.84 bits per heavy atom. The molecule has 0 fully saturated rings. The van der Waals surface area contributed by atoms with E-state index in [1.54, 1.807) is 24.4 Å². The smallest absolute Gasteiger partial charge is 0.302 e. The van der Waals surface area contributed by atoms with Crippen LogP contribution in [0, 0.1) is 17.8 Å². The Morgan fingerprint density at radius 1 is 1.00 bits per heavy atom. The molecule has 0 amide bonds. The summed E-state index contributed by atoms with van der Waals surface area (Å²) in [4.78, 5) is 34.8. The van der Waals surface area contributed by atoms with Crippen molar-refractivity contribution >= 4 is 23.8 Å². The molecule has 0 radical (unpaired) electrons. The fourth-order valence-corrected chi connectivity index (χ4v) is 6.69. The maximum atomic E-state index is 13.5. The van der Waals surface area contributed by atoms with E-state index < -0.39 is 18.0 Å². The van der Waals surface area contributed by atoms with Crippen molar-refractivity contribution in [3.8, 4) is 29.1 Å². The van der Waals surface area contributed by atoms with Gasteiger partial charge in [0.2, 0.25) is 0 Å². The Bertz CT molecular complexity index is 1770. The molecule has 9 heteroatoms. The molecule has 3 N–H and O–H groups in total. The highest BCUT2D eigenvalue weighted by molar-refractivity contribution is 5.83. The number of aromatic hydroxyl groups is 2. The highest BCUT2D eigenvalue weighted by Crippen LogP contribution is 2.37. The molecule has 0 saturated carbocycles. The molecule has 9 nitrogen and oxygen atoms in total. The number of methoxy groups -OCH3 is 1. The summed E-state index contributed by atoms with van der Waals surface area (Å²) in [5.41, 5.74) is 5.29. The number of hydrogen-bond acceptors (Lipinski definition) is 9. The lowest BCUT2D eigenvalue weighted by atomic mass is 9.83. The number of Topliss-reactive ketones (excluding diaryl/α,β-unsaturated/α-hetero) is 1. The molecule has 0 aliphatic carbocycles. The summed E-state index contributed by atoms with van der Waals surface area (Å²) in [6.07, 6.45) is 7.32. The van der Waals surface area contributed by atoms with Crippen LogP contribution in [0.4, 0.5) is 5.82 Å². The molecule has 5 rings (SSSR count). The number of allylic oxidation sites excluding steroid dienone is 1. The average molecular weight is 664 g/mol. The number of nitrogens with zero attached hydrogens (tertiary/aromatic N) is 2. The lowest BCUT2D eigenvalue weighted by Crippen LogP contribution is -2.22. The Labute approximate surface area is 288 Å². The lowest BCUT2D eigenvalue weighted by molar-refractivity contribution is -0.148. The number of ketones is 1. The molecular formula is C40H45N3O6. The van der Waals surface area contributed by atoms with Crippen LogP contribution in [0.2, 0.25) is 0 Å². The first-order valence-corrected chi connectivity index (χ1v) is 17.0. The normalized spacial score (nSPS) is 21.9.